The molecule has 1 rings (SSSR count). The molecule has 15 heavy (non-hydrogen) atoms. The van der Waals surface area contributed by atoms with Gasteiger partial charge in [0.05, 0.1) is 6.07 Å². The third kappa shape index (κ3) is 2.48. The summed E-state index contributed by atoms with van der Waals surface area (Å²) >= 11 is 0. The van der Waals surface area contributed by atoms with Gasteiger partial charge < -0.3 is 5.32 Å². The molecule has 0 radical (unpaired) electrons. The molecule has 0 spiro atoms. The van der Waals surface area contributed by atoms with Gasteiger partial charge in [-0.05, 0) is 26.8 Å². The van der Waals surface area contributed by atoms with Crippen molar-refractivity contribution in [3.05, 3.63) is 0 Å². The van der Waals surface area contributed by atoms with Gasteiger partial charge in [0.2, 0.25) is 10.0 Å². The van der Waals surface area contributed by atoms with Crippen molar-refractivity contribution in [1.29, 1.82) is 5.26 Å². The maximum Gasteiger partial charge on any atom is 0.230 e. The van der Waals surface area contributed by atoms with Crippen molar-refractivity contribution in [1.82, 2.24) is 9.62 Å². The van der Waals surface area contributed by atoms with E-state index in [1.807, 2.05) is 0 Å². The van der Waals surface area contributed by atoms with Gasteiger partial charge in [-0.15, -0.1) is 0 Å². The fraction of sp³-hybridized carbons (Fsp3) is 0.889. The standard InChI is InChI=1S/C9H17N3O2S/c1-8(6-10)15(13,14)12-5-3-4-9(12)7-11-2/h8-9,11H,3-5,7H2,1-2H3. The molecule has 1 heterocycles. The topological polar surface area (TPSA) is 73.2 Å². The van der Waals surface area contributed by atoms with Gasteiger partial charge in [0.1, 0.15) is 0 Å². The third-order valence-corrected chi connectivity index (χ3v) is 4.85. The summed E-state index contributed by atoms with van der Waals surface area (Å²) in [5.74, 6) is 0. The molecule has 86 valence electrons. The molecule has 1 saturated heterocycles. The minimum absolute atomic E-state index is 0.01000. The highest BCUT2D eigenvalue weighted by molar-refractivity contribution is 7.90. The van der Waals surface area contributed by atoms with E-state index in [-0.39, 0.29) is 6.04 Å². The van der Waals surface area contributed by atoms with E-state index in [0.29, 0.717) is 13.1 Å². The second kappa shape index (κ2) is 4.92. The monoisotopic (exact) mass is 231 g/mol. The number of nitrogens with zero attached hydrogens (tertiary/aromatic N) is 2. The molecule has 0 bridgehead atoms. The van der Waals surface area contributed by atoms with Crippen molar-refractivity contribution in [3.8, 4) is 6.07 Å². The Morgan fingerprint density at radius 2 is 2.33 bits per heavy atom. The van der Waals surface area contributed by atoms with E-state index in [2.05, 4.69) is 5.32 Å². The minimum Gasteiger partial charge on any atom is -0.318 e. The molecule has 2 unspecified atom stereocenters. The first kappa shape index (κ1) is 12.4. The number of nitrogens with one attached hydrogen (secondary N) is 1. The van der Waals surface area contributed by atoms with Crippen LogP contribution in [0.3, 0.4) is 0 Å². The molecule has 0 aromatic carbocycles. The SMILES string of the molecule is CNCC1CCCN1S(=O)(=O)C(C)C#N. The Labute approximate surface area is 91.1 Å². The molecule has 6 heteroatoms. The molecule has 0 saturated carbocycles. The van der Waals surface area contributed by atoms with Crippen LogP contribution in [0, 0.1) is 11.3 Å². The van der Waals surface area contributed by atoms with E-state index in [0.717, 1.165) is 12.8 Å². The summed E-state index contributed by atoms with van der Waals surface area (Å²) in [5.41, 5.74) is 0. The number of likely N-dealkylation sites (N-methyl/N-ethyl adjacent to an activating group) is 1. The van der Waals surface area contributed by atoms with Gasteiger partial charge >= 0.3 is 0 Å². The van der Waals surface area contributed by atoms with Gasteiger partial charge in [0.25, 0.3) is 0 Å². The Balaban J connectivity index is 2.83. The normalized spacial score (nSPS) is 25.0. The summed E-state index contributed by atoms with van der Waals surface area (Å²) in [6, 6.07) is 1.80. The Hall–Kier alpha value is -0.640. The lowest BCUT2D eigenvalue weighted by Gasteiger charge is -2.24. The fourth-order valence-corrected chi connectivity index (χ4v) is 3.37. The van der Waals surface area contributed by atoms with Crippen molar-refractivity contribution in [2.24, 2.45) is 0 Å². The molecule has 0 amide bonds. The van der Waals surface area contributed by atoms with Gasteiger partial charge in [0.15, 0.2) is 5.25 Å². The first-order chi connectivity index (χ1) is 7.04. The second-order valence-corrected chi connectivity index (χ2v) is 5.99. The van der Waals surface area contributed by atoms with Crippen LogP contribution in [0.4, 0.5) is 0 Å². The highest BCUT2D eigenvalue weighted by atomic mass is 32.2. The minimum atomic E-state index is -3.43. The van der Waals surface area contributed by atoms with Gasteiger partial charge in [0, 0.05) is 19.1 Å². The molecule has 0 aromatic heterocycles. The molecule has 0 aliphatic carbocycles. The third-order valence-electron chi connectivity index (χ3n) is 2.72. The Kier molecular flexibility index (Phi) is 4.08. The molecule has 0 aromatic rings. The molecular formula is C9H17N3O2S. The van der Waals surface area contributed by atoms with Crippen LogP contribution in [-0.2, 0) is 10.0 Å². The van der Waals surface area contributed by atoms with Crippen LogP contribution in [-0.4, -0.2) is 44.2 Å². The summed E-state index contributed by atoms with van der Waals surface area (Å²) in [6.45, 7) is 2.63. The zero-order valence-corrected chi connectivity index (χ0v) is 9.92. The summed E-state index contributed by atoms with van der Waals surface area (Å²) in [4.78, 5) is 0. The van der Waals surface area contributed by atoms with Gasteiger partial charge in [-0.1, -0.05) is 0 Å². The number of hydrogen-bond acceptors (Lipinski definition) is 4. The zero-order valence-electron chi connectivity index (χ0n) is 9.10. The summed E-state index contributed by atoms with van der Waals surface area (Å²) in [6.07, 6.45) is 1.75. The van der Waals surface area contributed by atoms with Crippen LogP contribution < -0.4 is 5.32 Å². The molecule has 1 fully saturated rings. The van der Waals surface area contributed by atoms with Crippen molar-refractivity contribution in [2.75, 3.05) is 20.1 Å². The number of nitriles is 1. The molecule has 2 atom stereocenters. The van der Waals surface area contributed by atoms with Crippen LogP contribution in [0.25, 0.3) is 0 Å². The number of rotatable bonds is 4. The molecule has 1 aliphatic rings. The van der Waals surface area contributed by atoms with Gasteiger partial charge in [-0.2, -0.15) is 9.57 Å². The van der Waals surface area contributed by atoms with Crippen LogP contribution in [0.2, 0.25) is 0 Å². The number of sulfonamides is 1. The van der Waals surface area contributed by atoms with E-state index < -0.39 is 15.3 Å². The van der Waals surface area contributed by atoms with E-state index >= 15 is 0 Å². The maximum absolute atomic E-state index is 11.9. The smallest absolute Gasteiger partial charge is 0.230 e. The lowest BCUT2D eigenvalue weighted by molar-refractivity contribution is 0.377. The number of hydrogen-bond donors (Lipinski definition) is 1. The average molecular weight is 231 g/mol. The second-order valence-electron chi connectivity index (χ2n) is 3.78. The van der Waals surface area contributed by atoms with Crippen molar-refractivity contribution < 1.29 is 8.42 Å². The zero-order chi connectivity index (χ0) is 11.5. The Bertz CT molecular complexity index is 347. The van der Waals surface area contributed by atoms with E-state index in [4.69, 9.17) is 5.26 Å². The predicted molar refractivity (Wildman–Crippen MR) is 57.6 cm³/mol. The lowest BCUT2D eigenvalue weighted by Crippen LogP contribution is -2.44. The van der Waals surface area contributed by atoms with Crippen LogP contribution in [0.1, 0.15) is 19.8 Å². The first-order valence-electron chi connectivity index (χ1n) is 5.09. The molecular weight excluding hydrogens is 214 g/mol. The lowest BCUT2D eigenvalue weighted by atomic mass is 10.2. The summed E-state index contributed by atoms with van der Waals surface area (Å²) < 4.78 is 25.3. The van der Waals surface area contributed by atoms with Crippen molar-refractivity contribution >= 4 is 10.0 Å². The first-order valence-corrected chi connectivity index (χ1v) is 6.59. The molecule has 1 N–H and O–H groups in total. The van der Waals surface area contributed by atoms with E-state index in [1.54, 1.807) is 13.1 Å². The highest BCUT2D eigenvalue weighted by Crippen LogP contribution is 2.22. The van der Waals surface area contributed by atoms with Gasteiger partial charge in [-0.3, -0.25) is 0 Å². The van der Waals surface area contributed by atoms with Crippen molar-refractivity contribution in [3.63, 3.8) is 0 Å². The van der Waals surface area contributed by atoms with Crippen LogP contribution >= 0.6 is 0 Å². The highest BCUT2D eigenvalue weighted by Gasteiger charge is 2.36. The largest absolute Gasteiger partial charge is 0.318 e. The van der Waals surface area contributed by atoms with Crippen molar-refractivity contribution in [2.45, 2.75) is 31.1 Å². The molecule has 1 aliphatic heterocycles. The summed E-state index contributed by atoms with van der Waals surface area (Å²) in [5, 5.41) is 10.7. The molecule has 5 nitrogen and oxygen atoms in total. The quantitative estimate of drug-likeness (QED) is 0.734. The Morgan fingerprint density at radius 1 is 1.67 bits per heavy atom. The summed E-state index contributed by atoms with van der Waals surface area (Å²) in [7, 11) is -1.63. The van der Waals surface area contributed by atoms with Gasteiger partial charge in [-0.25, -0.2) is 8.42 Å². The average Bonchev–Trinajstić information content (AvgIpc) is 2.66. The van der Waals surface area contributed by atoms with Crippen LogP contribution in [0.15, 0.2) is 0 Å². The van der Waals surface area contributed by atoms with E-state index in [9.17, 15) is 8.42 Å². The fourth-order valence-electron chi connectivity index (χ4n) is 1.85. The van der Waals surface area contributed by atoms with Crippen LogP contribution in [0.5, 0.6) is 0 Å². The predicted octanol–water partition coefficient (Wildman–Crippen LogP) is -0.0879. The maximum atomic E-state index is 11.9. The Morgan fingerprint density at radius 3 is 2.87 bits per heavy atom. The van der Waals surface area contributed by atoms with E-state index in [1.165, 1.54) is 11.2 Å².